The number of hydrogen-bond donors (Lipinski definition) is 1. The predicted molar refractivity (Wildman–Crippen MR) is 59.0 cm³/mol. The van der Waals surface area contributed by atoms with Gasteiger partial charge in [0.05, 0.1) is 0 Å². The van der Waals surface area contributed by atoms with E-state index in [1.54, 1.807) is 0 Å². The molecule has 1 aromatic rings. The van der Waals surface area contributed by atoms with E-state index >= 15 is 0 Å². The fourth-order valence-corrected chi connectivity index (χ4v) is 1.73. The Bertz CT molecular complexity index is 276. The number of nitrogens with two attached hydrogens (primary N) is 1. The molecule has 0 radical (unpaired) electrons. The highest BCUT2D eigenvalue weighted by atomic mass is 15.0. The third-order valence-electron chi connectivity index (χ3n) is 2.66. The summed E-state index contributed by atoms with van der Waals surface area (Å²) in [6.07, 6.45) is 8.01. The van der Waals surface area contributed by atoms with Gasteiger partial charge in [0.25, 0.3) is 0 Å². The molecule has 1 unspecified atom stereocenters. The fraction of sp³-hybridized carbons (Fsp3) is 0.727. The Morgan fingerprint density at radius 3 is 2.71 bits per heavy atom. The van der Waals surface area contributed by atoms with Crippen molar-refractivity contribution in [1.29, 1.82) is 0 Å². The van der Waals surface area contributed by atoms with Crippen molar-refractivity contribution in [3.05, 3.63) is 18.2 Å². The van der Waals surface area contributed by atoms with Crippen molar-refractivity contribution < 1.29 is 0 Å². The van der Waals surface area contributed by atoms with Crippen LogP contribution in [0.5, 0.6) is 0 Å². The lowest BCUT2D eigenvalue weighted by molar-refractivity contribution is 0.392. The van der Waals surface area contributed by atoms with Crippen LogP contribution in [0.2, 0.25) is 0 Å². The molecular weight excluding hydrogens is 174 g/mol. The summed E-state index contributed by atoms with van der Waals surface area (Å²) in [7, 11) is 2.02. The Labute approximate surface area is 86.3 Å². The molecule has 3 nitrogen and oxygen atoms in total. The van der Waals surface area contributed by atoms with E-state index in [0.717, 1.165) is 31.5 Å². The molecule has 1 heterocycles. The summed E-state index contributed by atoms with van der Waals surface area (Å²) in [6.45, 7) is 4.30. The van der Waals surface area contributed by atoms with Gasteiger partial charge in [-0.15, -0.1) is 0 Å². The van der Waals surface area contributed by atoms with E-state index in [1.807, 2.05) is 19.4 Å². The van der Waals surface area contributed by atoms with Crippen molar-refractivity contribution in [3.63, 3.8) is 0 Å². The smallest absolute Gasteiger partial charge is 0.108 e. The van der Waals surface area contributed by atoms with Gasteiger partial charge in [0.15, 0.2) is 0 Å². The third-order valence-corrected chi connectivity index (χ3v) is 2.66. The van der Waals surface area contributed by atoms with Crippen molar-refractivity contribution >= 4 is 0 Å². The second-order valence-corrected chi connectivity index (χ2v) is 4.36. The third kappa shape index (κ3) is 3.14. The van der Waals surface area contributed by atoms with Crippen LogP contribution in [0.15, 0.2) is 12.4 Å². The summed E-state index contributed by atoms with van der Waals surface area (Å²) >= 11 is 0. The molecule has 14 heavy (non-hydrogen) atoms. The number of hydrogen-bond acceptors (Lipinski definition) is 2. The predicted octanol–water partition coefficient (Wildman–Crippen LogP) is 1.87. The monoisotopic (exact) mass is 195 g/mol. The van der Waals surface area contributed by atoms with Crippen molar-refractivity contribution in [1.82, 2.24) is 9.55 Å². The second kappa shape index (κ2) is 4.60. The maximum atomic E-state index is 6.16. The molecule has 3 heteroatoms. The molecule has 0 saturated heterocycles. The summed E-state index contributed by atoms with van der Waals surface area (Å²) in [4.78, 5) is 4.29. The van der Waals surface area contributed by atoms with Crippen LogP contribution in [0.25, 0.3) is 0 Å². The standard InChI is InChI=1S/C11H21N3/c1-4-6-11(2,12)7-5-10-13-8-9-14(10)3/h8-9H,4-7,12H2,1-3H3. The Hall–Kier alpha value is -0.830. The zero-order valence-electron chi connectivity index (χ0n) is 9.45. The van der Waals surface area contributed by atoms with Crippen LogP contribution in [0, 0.1) is 0 Å². The molecule has 0 amide bonds. The first-order valence-corrected chi connectivity index (χ1v) is 5.30. The number of rotatable bonds is 5. The van der Waals surface area contributed by atoms with Crippen molar-refractivity contribution in [2.45, 2.75) is 45.1 Å². The van der Waals surface area contributed by atoms with Crippen LogP contribution in [0.1, 0.15) is 38.9 Å². The zero-order valence-corrected chi connectivity index (χ0v) is 9.45. The van der Waals surface area contributed by atoms with E-state index < -0.39 is 0 Å². The number of aromatic nitrogens is 2. The maximum absolute atomic E-state index is 6.16. The lowest BCUT2D eigenvalue weighted by atomic mass is 9.92. The molecular formula is C11H21N3. The summed E-state index contributed by atoms with van der Waals surface area (Å²) in [5, 5.41) is 0. The highest BCUT2D eigenvalue weighted by molar-refractivity contribution is 4.93. The van der Waals surface area contributed by atoms with Gasteiger partial charge in [0, 0.05) is 31.4 Å². The Kier molecular flexibility index (Phi) is 3.69. The topological polar surface area (TPSA) is 43.8 Å². The van der Waals surface area contributed by atoms with Crippen molar-refractivity contribution in [3.8, 4) is 0 Å². The van der Waals surface area contributed by atoms with E-state index in [4.69, 9.17) is 5.73 Å². The zero-order chi connectivity index (χ0) is 10.6. The number of nitrogens with zero attached hydrogens (tertiary/aromatic N) is 2. The largest absolute Gasteiger partial charge is 0.338 e. The van der Waals surface area contributed by atoms with Gasteiger partial charge in [-0.3, -0.25) is 0 Å². The van der Waals surface area contributed by atoms with Gasteiger partial charge in [-0.25, -0.2) is 4.98 Å². The van der Waals surface area contributed by atoms with Crippen LogP contribution in [-0.2, 0) is 13.5 Å². The first-order chi connectivity index (χ1) is 6.55. The van der Waals surface area contributed by atoms with Crippen LogP contribution in [-0.4, -0.2) is 15.1 Å². The highest BCUT2D eigenvalue weighted by Crippen LogP contribution is 2.15. The molecule has 0 fully saturated rings. The molecule has 80 valence electrons. The van der Waals surface area contributed by atoms with Gasteiger partial charge in [0.2, 0.25) is 0 Å². The van der Waals surface area contributed by atoms with Gasteiger partial charge in [-0.2, -0.15) is 0 Å². The molecule has 0 aliphatic rings. The van der Waals surface area contributed by atoms with Crippen molar-refractivity contribution in [2.75, 3.05) is 0 Å². The molecule has 0 spiro atoms. The minimum atomic E-state index is -0.0410. The lowest BCUT2D eigenvalue weighted by Crippen LogP contribution is -2.36. The average molecular weight is 195 g/mol. The number of aryl methyl sites for hydroxylation is 2. The second-order valence-electron chi connectivity index (χ2n) is 4.36. The minimum absolute atomic E-state index is 0.0410. The van der Waals surface area contributed by atoms with E-state index in [-0.39, 0.29) is 5.54 Å². The quantitative estimate of drug-likeness (QED) is 0.779. The molecule has 2 N–H and O–H groups in total. The van der Waals surface area contributed by atoms with Gasteiger partial charge in [-0.05, 0) is 19.8 Å². The Balaban J connectivity index is 2.44. The van der Waals surface area contributed by atoms with Crippen LogP contribution >= 0.6 is 0 Å². The SMILES string of the molecule is CCCC(C)(N)CCc1nccn1C. The Morgan fingerprint density at radius 2 is 2.21 bits per heavy atom. The molecule has 1 rings (SSSR count). The molecule has 0 bridgehead atoms. The summed E-state index contributed by atoms with van der Waals surface area (Å²) in [6, 6.07) is 0. The minimum Gasteiger partial charge on any atom is -0.338 e. The highest BCUT2D eigenvalue weighted by Gasteiger charge is 2.17. The molecule has 1 aromatic heterocycles. The van der Waals surface area contributed by atoms with E-state index in [0.29, 0.717) is 0 Å². The molecule has 0 aliphatic carbocycles. The fourth-order valence-electron chi connectivity index (χ4n) is 1.73. The molecule has 1 atom stereocenters. The van der Waals surface area contributed by atoms with Gasteiger partial charge in [0.1, 0.15) is 5.82 Å². The first-order valence-electron chi connectivity index (χ1n) is 5.30. The van der Waals surface area contributed by atoms with Crippen LogP contribution < -0.4 is 5.73 Å². The van der Waals surface area contributed by atoms with Gasteiger partial charge >= 0.3 is 0 Å². The Morgan fingerprint density at radius 1 is 1.50 bits per heavy atom. The summed E-state index contributed by atoms with van der Waals surface area (Å²) in [5.74, 6) is 1.12. The molecule has 0 saturated carbocycles. The van der Waals surface area contributed by atoms with E-state index in [9.17, 15) is 0 Å². The lowest BCUT2D eigenvalue weighted by Gasteiger charge is -2.23. The normalized spacial score (nSPS) is 15.4. The molecule has 0 aliphatic heterocycles. The van der Waals surface area contributed by atoms with Gasteiger partial charge in [-0.1, -0.05) is 13.3 Å². The van der Waals surface area contributed by atoms with Gasteiger partial charge < -0.3 is 10.3 Å². The van der Waals surface area contributed by atoms with E-state index in [2.05, 4.69) is 23.4 Å². The van der Waals surface area contributed by atoms with E-state index in [1.165, 1.54) is 0 Å². The first kappa shape index (κ1) is 11.2. The number of imidazole rings is 1. The summed E-state index contributed by atoms with van der Waals surface area (Å²) in [5.41, 5.74) is 6.12. The molecule has 0 aromatic carbocycles. The van der Waals surface area contributed by atoms with Crippen LogP contribution in [0.4, 0.5) is 0 Å². The maximum Gasteiger partial charge on any atom is 0.108 e. The summed E-state index contributed by atoms with van der Waals surface area (Å²) < 4.78 is 2.06. The van der Waals surface area contributed by atoms with Crippen LogP contribution in [0.3, 0.4) is 0 Å². The van der Waals surface area contributed by atoms with Crippen molar-refractivity contribution in [2.24, 2.45) is 12.8 Å². The average Bonchev–Trinajstić information content (AvgIpc) is 2.48.